The Labute approximate surface area is 496 Å². The Morgan fingerprint density at radius 2 is 0.744 bits per heavy atom. The van der Waals surface area contributed by atoms with Crippen molar-refractivity contribution >= 4 is 77.1 Å². The quantitative estimate of drug-likeness (QED) is 0.135. The van der Waals surface area contributed by atoms with Crippen LogP contribution < -0.4 is 10.6 Å². The molecule has 0 radical (unpaired) electrons. The third-order valence-electron chi connectivity index (χ3n) is 17.6. The van der Waals surface area contributed by atoms with Crippen molar-refractivity contribution in [1.29, 1.82) is 0 Å². The Morgan fingerprint density at radius 1 is 0.314 bits per heavy atom. The second-order valence-corrected chi connectivity index (χ2v) is 22.6. The van der Waals surface area contributed by atoms with Gasteiger partial charge in [0.2, 0.25) is 0 Å². The second kappa shape index (κ2) is 20.3. The topological polar surface area (TPSA) is 52.1 Å². The minimum absolute atomic E-state index is 0.00765. The molecule has 16 aromatic rings. The fourth-order valence-electron chi connectivity index (χ4n) is 13.6. The van der Waals surface area contributed by atoms with E-state index in [1.54, 1.807) is 0 Å². The van der Waals surface area contributed by atoms with E-state index >= 15 is 0 Å². The average molecular weight is 1100 g/mol. The SMILES string of the molecule is C1=c2c(oc3c(-c4ccccc4)cc(-c4ccccc4)cc23)=C(c2cccc(-c3cc(-c4ccccc4)cc4c3oc3c(-c5ccccc5)cc(-c5ccccc5)cc34)c2-c2cnc3c4ccccc4c4ccccc4c3n2)CC1c1ccccc1. The van der Waals surface area contributed by atoms with Gasteiger partial charge < -0.3 is 8.83 Å². The molecule has 17 rings (SSSR count). The maximum absolute atomic E-state index is 7.60. The molecule has 0 saturated carbocycles. The molecule has 0 spiro atoms. The normalized spacial score (nSPS) is 13.3. The Bertz CT molecular complexity index is 5430. The first-order chi connectivity index (χ1) is 42.6. The minimum atomic E-state index is 0.00765. The second-order valence-electron chi connectivity index (χ2n) is 22.6. The van der Waals surface area contributed by atoms with Crippen LogP contribution in [0, 0.1) is 0 Å². The van der Waals surface area contributed by atoms with Crippen molar-refractivity contribution in [2.75, 3.05) is 0 Å². The van der Waals surface area contributed by atoms with E-state index in [4.69, 9.17) is 18.8 Å². The molecule has 1 atom stereocenters. The van der Waals surface area contributed by atoms with Crippen LogP contribution in [0.3, 0.4) is 0 Å². The predicted molar refractivity (Wildman–Crippen MR) is 356 cm³/mol. The van der Waals surface area contributed by atoms with Crippen molar-refractivity contribution in [2.45, 2.75) is 12.3 Å². The van der Waals surface area contributed by atoms with Gasteiger partial charge in [0.15, 0.2) is 0 Å². The van der Waals surface area contributed by atoms with Crippen LogP contribution in [0.4, 0.5) is 0 Å². The van der Waals surface area contributed by atoms with Crippen molar-refractivity contribution in [3.63, 3.8) is 0 Å². The number of hydrogen-bond donors (Lipinski definition) is 0. The van der Waals surface area contributed by atoms with Gasteiger partial charge in [-0.1, -0.05) is 255 Å². The fourth-order valence-corrected chi connectivity index (χ4v) is 13.6. The molecule has 0 N–H and O–H groups in total. The molecular formula is C82H52N2O2. The molecule has 0 amide bonds. The van der Waals surface area contributed by atoms with Gasteiger partial charge in [-0.25, -0.2) is 4.98 Å². The first kappa shape index (κ1) is 49.4. The summed E-state index contributed by atoms with van der Waals surface area (Å²) in [4.78, 5) is 11.4. The van der Waals surface area contributed by atoms with E-state index in [2.05, 4.69) is 291 Å². The van der Waals surface area contributed by atoms with Gasteiger partial charge in [0.05, 0.1) is 22.9 Å². The standard InChI is InChI=1S/C82H52N2O2/c1-7-24-51(25-8-1)57-42-67(55-32-15-5-16-33-55)79-71(46-57)73-48-59(53-28-11-3-12-29-53)44-69(81(73)85-79)63-40-23-41-64(76(63)75-50-83-77-65-38-21-19-36-61(65)62-37-20-22-39-66(62)78(77)84-75)70-45-60(54-30-13-4-14-31-54)49-74-72-47-58(52-26-9-2-10-27-52)43-68(80(72)86-82(70)74)56-34-17-6-18-35-56/h1-44,46-50,60H,45H2. The lowest BCUT2D eigenvalue weighted by Crippen LogP contribution is -2.29. The van der Waals surface area contributed by atoms with Crippen LogP contribution in [0.5, 0.6) is 0 Å². The van der Waals surface area contributed by atoms with Crippen molar-refractivity contribution in [3.05, 3.63) is 313 Å². The molecule has 1 aliphatic carbocycles. The lowest BCUT2D eigenvalue weighted by atomic mass is 9.81. The van der Waals surface area contributed by atoms with Gasteiger partial charge in [-0.15, -0.1) is 0 Å². The van der Waals surface area contributed by atoms with Crippen LogP contribution in [-0.2, 0) is 0 Å². The highest BCUT2D eigenvalue weighted by atomic mass is 16.3. The zero-order valence-electron chi connectivity index (χ0n) is 46.8. The summed E-state index contributed by atoms with van der Waals surface area (Å²) in [6, 6.07) is 102. The highest BCUT2D eigenvalue weighted by Crippen LogP contribution is 2.49. The first-order valence-corrected chi connectivity index (χ1v) is 29.5. The van der Waals surface area contributed by atoms with Crippen LogP contribution in [-0.4, -0.2) is 9.97 Å². The molecule has 86 heavy (non-hydrogen) atoms. The molecule has 3 heterocycles. The third-order valence-corrected chi connectivity index (χ3v) is 17.6. The van der Waals surface area contributed by atoms with Gasteiger partial charge in [-0.05, 0) is 115 Å². The fraction of sp³-hybridized carbons (Fsp3) is 0.0244. The average Bonchev–Trinajstić information content (AvgIpc) is 1.78. The summed E-state index contributed by atoms with van der Waals surface area (Å²) in [5.41, 5.74) is 23.0. The van der Waals surface area contributed by atoms with E-state index in [1.165, 1.54) is 5.56 Å². The van der Waals surface area contributed by atoms with Crippen LogP contribution in [0.15, 0.2) is 300 Å². The van der Waals surface area contributed by atoms with Crippen molar-refractivity contribution in [2.24, 2.45) is 0 Å². The van der Waals surface area contributed by atoms with Crippen LogP contribution in [0.25, 0.3) is 155 Å². The Balaban J connectivity index is 1.02. The molecule has 1 unspecified atom stereocenters. The molecule has 4 nitrogen and oxygen atoms in total. The predicted octanol–water partition coefficient (Wildman–Crippen LogP) is 20.4. The van der Waals surface area contributed by atoms with Crippen molar-refractivity contribution in [3.8, 4) is 78.0 Å². The third kappa shape index (κ3) is 8.21. The zero-order valence-corrected chi connectivity index (χ0v) is 46.8. The Hall–Kier alpha value is -11.2. The van der Waals surface area contributed by atoms with Gasteiger partial charge >= 0.3 is 0 Å². The van der Waals surface area contributed by atoms with Crippen molar-refractivity contribution in [1.82, 2.24) is 9.97 Å². The van der Waals surface area contributed by atoms with E-state index in [1.807, 2.05) is 6.20 Å². The monoisotopic (exact) mass is 1100 g/mol. The maximum Gasteiger partial charge on any atom is 0.143 e. The summed E-state index contributed by atoms with van der Waals surface area (Å²) in [6.45, 7) is 0. The molecule has 3 aromatic heterocycles. The number of fused-ring (bicyclic) bond motifs is 12. The molecule has 1 aliphatic rings. The first-order valence-electron chi connectivity index (χ1n) is 29.5. The summed E-state index contributed by atoms with van der Waals surface area (Å²) >= 11 is 0. The lowest BCUT2D eigenvalue weighted by molar-refractivity contribution is 0.567. The summed E-state index contributed by atoms with van der Waals surface area (Å²) in [7, 11) is 0. The summed E-state index contributed by atoms with van der Waals surface area (Å²) in [5.74, 6) is 0.00765. The molecule has 0 bridgehead atoms. The molecule has 4 heteroatoms. The minimum Gasteiger partial charge on any atom is -0.455 e. The van der Waals surface area contributed by atoms with Gasteiger partial charge in [-0.2, -0.15) is 0 Å². The molecule has 402 valence electrons. The van der Waals surface area contributed by atoms with E-state index in [0.29, 0.717) is 6.42 Å². The van der Waals surface area contributed by atoms with E-state index < -0.39 is 0 Å². The maximum atomic E-state index is 7.60. The molecule has 0 fully saturated rings. The zero-order chi connectivity index (χ0) is 56.7. The molecule has 0 aliphatic heterocycles. The molecule has 13 aromatic carbocycles. The highest BCUT2D eigenvalue weighted by Gasteiger charge is 2.29. The number of furan rings is 2. The summed E-state index contributed by atoms with van der Waals surface area (Å²) in [5, 5.41) is 8.62. The molecule has 0 saturated heterocycles. The highest BCUT2D eigenvalue weighted by molar-refractivity contribution is 6.23. The Morgan fingerprint density at radius 3 is 1.29 bits per heavy atom. The van der Waals surface area contributed by atoms with Crippen LogP contribution in [0.2, 0.25) is 0 Å². The Kier molecular flexibility index (Phi) is 11.7. The van der Waals surface area contributed by atoms with Gasteiger partial charge in [0, 0.05) is 65.9 Å². The smallest absolute Gasteiger partial charge is 0.143 e. The van der Waals surface area contributed by atoms with Gasteiger partial charge in [-0.3, -0.25) is 4.98 Å². The summed E-state index contributed by atoms with van der Waals surface area (Å²) < 4.78 is 15.2. The van der Waals surface area contributed by atoms with Crippen LogP contribution >= 0.6 is 0 Å². The largest absolute Gasteiger partial charge is 0.455 e. The molecular weight excluding hydrogens is 1040 g/mol. The number of benzene rings is 13. The number of nitrogens with zero attached hydrogens (tertiary/aromatic N) is 2. The van der Waals surface area contributed by atoms with E-state index in [0.717, 1.165) is 165 Å². The van der Waals surface area contributed by atoms with Gasteiger partial charge in [0.1, 0.15) is 22.2 Å². The summed E-state index contributed by atoms with van der Waals surface area (Å²) in [6.07, 6.45) is 5.13. The van der Waals surface area contributed by atoms with Crippen LogP contribution in [0.1, 0.15) is 23.5 Å². The van der Waals surface area contributed by atoms with Crippen molar-refractivity contribution < 1.29 is 8.83 Å². The van der Waals surface area contributed by atoms with E-state index in [-0.39, 0.29) is 5.92 Å². The van der Waals surface area contributed by atoms with E-state index in [9.17, 15) is 0 Å². The lowest BCUT2D eigenvalue weighted by Gasteiger charge is -2.22. The van der Waals surface area contributed by atoms with Gasteiger partial charge in [0.25, 0.3) is 0 Å². The number of rotatable bonds is 9. The number of aromatic nitrogens is 2. The number of hydrogen-bond acceptors (Lipinski definition) is 4.